The number of hydrogen-bond donors (Lipinski definition) is 2. The smallest absolute Gasteiger partial charge is 0.321 e. The molecule has 5 heteroatoms. The number of para-hydroxylation sites is 1. The Bertz CT molecular complexity index is 490. The van der Waals surface area contributed by atoms with E-state index in [1.807, 2.05) is 32.0 Å². The molecule has 4 nitrogen and oxygen atoms in total. The number of carboxylic acid groups (broad SMARTS) is 1. The van der Waals surface area contributed by atoms with Crippen molar-refractivity contribution in [2.45, 2.75) is 37.0 Å². The highest BCUT2D eigenvalue weighted by Gasteiger charge is 2.34. The lowest BCUT2D eigenvalue weighted by Crippen LogP contribution is -2.47. The summed E-state index contributed by atoms with van der Waals surface area (Å²) >= 11 is 1.62. The van der Waals surface area contributed by atoms with Crippen molar-refractivity contribution in [2.24, 2.45) is 5.73 Å². The first-order valence-corrected chi connectivity index (χ1v) is 7.74. The normalized spacial score (nSPS) is 19.9. The van der Waals surface area contributed by atoms with Crippen LogP contribution in [0.2, 0.25) is 0 Å². The Hall–Kier alpha value is -1.20. The molecular weight excluding hydrogens is 274 g/mol. The lowest BCUT2D eigenvalue weighted by molar-refractivity contribution is -0.139. The van der Waals surface area contributed by atoms with Crippen LogP contribution >= 0.6 is 11.8 Å². The molecule has 3 N–H and O–H groups in total. The molecule has 1 heterocycles. The van der Waals surface area contributed by atoms with Crippen LogP contribution in [-0.2, 0) is 4.79 Å². The van der Waals surface area contributed by atoms with E-state index in [4.69, 9.17) is 15.6 Å². The average Bonchev–Trinajstić information content (AvgIpc) is 2.44. The van der Waals surface area contributed by atoms with Crippen molar-refractivity contribution in [2.75, 3.05) is 12.4 Å². The molecular formula is C15H21NO3S. The fourth-order valence-corrected chi connectivity index (χ4v) is 3.55. The van der Waals surface area contributed by atoms with Crippen LogP contribution in [0.1, 0.15) is 31.7 Å². The van der Waals surface area contributed by atoms with Gasteiger partial charge >= 0.3 is 5.97 Å². The van der Waals surface area contributed by atoms with E-state index in [-0.39, 0.29) is 0 Å². The Morgan fingerprint density at radius 1 is 1.55 bits per heavy atom. The first-order valence-electron chi connectivity index (χ1n) is 6.76. The fraction of sp³-hybridized carbons (Fsp3) is 0.533. The van der Waals surface area contributed by atoms with Crippen LogP contribution in [0, 0.1) is 0 Å². The van der Waals surface area contributed by atoms with Gasteiger partial charge in [-0.05, 0) is 37.8 Å². The van der Waals surface area contributed by atoms with Crippen molar-refractivity contribution < 1.29 is 14.6 Å². The summed E-state index contributed by atoms with van der Waals surface area (Å²) in [6.45, 7) is 4.50. The number of thioether (sulfide) groups is 1. The fourth-order valence-electron chi connectivity index (χ4n) is 2.29. The minimum Gasteiger partial charge on any atom is -0.493 e. The summed E-state index contributed by atoms with van der Waals surface area (Å²) in [5.74, 6) is 1.25. The maximum Gasteiger partial charge on any atom is 0.321 e. The largest absolute Gasteiger partial charge is 0.493 e. The molecule has 110 valence electrons. The first kappa shape index (κ1) is 15.2. The van der Waals surface area contributed by atoms with E-state index in [9.17, 15) is 4.79 Å². The zero-order chi connectivity index (χ0) is 14.8. The Morgan fingerprint density at radius 2 is 2.25 bits per heavy atom. The summed E-state index contributed by atoms with van der Waals surface area (Å²) in [4.78, 5) is 11.0. The van der Waals surface area contributed by atoms with E-state index in [1.54, 1.807) is 11.8 Å². The highest BCUT2D eigenvalue weighted by Crippen LogP contribution is 2.38. The molecule has 0 aromatic heterocycles. The van der Waals surface area contributed by atoms with Crippen LogP contribution in [-0.4, -0.2) is 34.2 Å². The maximum atomic E-state index is 11.0. The molecule has 2 atom stereocenters. The number of carbonyl (C=O) groups is 1. The van der Waals surface area contributed by atoms with Crippen molar-refractivity contribution in [3.63, 3.8) is 0 Å². The zero-order valence-corrected chi connectivity index (χ0v) is 12.7. The number of fused-ring (bicyclic) bond motifs is 1. The second-order valence-corrected chi connectivity index (χ2v) is 7.28. The maximum absolute atomic E-state index is 11.0. The first-order chi connectivity index (χ1) is 9.42. The summed E-state index contributed by atoms with van der Waals surface area (Å²) in [7, 11) is 0. The van der Waals surface area contributed by atoms with E-state index in [1.165, 1.54) is 5.56 Å². The monoisotopic (exact) mass is 295 g/mol. The Kier molecular flexibility index (Phi) is 4.60. The predicted octanol–water partition coefficient (Wildman–Crippen LogP) is 2.48. The molecule has 2 rings (SSSR count). The molecule has 0 bridgehead atoms. The molecule has 0 spiro atoms. The Morgan fingerprint density at radius 3 is 2.95 bits per heavy atom. The number of ether oxygens (including phenoxy) is 1. The van der Waals surface area contributed by atoms with Gasteiger partial charge in [-0.15, -0.1) is 0 Å². The third-order valence-corrected chi connectivity index (χ3v) is 5.32. The average molecular weight is 295 g/mol. The minimum atomic E-state index is -0.949. The summed E-state index contributed by atoms with van der Waals surface area (Å²) in [5.41, 5.74) is 6.97. The van der Waals surface area contributed by atoms with Crippen molar-refractivity contribution >= 4 is 17.7 Å². The molecule has 0 saturated carbocycles. The zero-order valence-electron chi connectivity index (χ0n) is 11.8. The quantitative estimate of drug-likeness (QED) is 0.873. The van der Waals surface area contributed by atoms with Crippen molar-refractivity contribution in [3.8, 4) is 5.75 Å². The van der Waals surface area contributed by atoms with Crippen LogP contribution in [0.25, 0.3) is 0 Å². The summed E-state index contributed by atoms with van der Waals surface area (Å²) in [5, 5.41) is 9.05. The molecule has 1 aliphatic heterocycles. The van der Waals surface area contributed by atoms with Gasteiger partial charge in [0.2, 0.25) is 0 Å². The predicted molar refractivity (Wildman–Crippen MR) is 81.4 cm³/mol. The molecule has 0 fully saturated rings. The molecule has 1 aliphatic rings. The van der Waals surface area contributed by atoms with Gasteiger partial charge in [-0.1, -0.05) is 18.2 Å². The number of hydrogen-bond acceptors (Lipinski definition) is 4. The van der Waals surface area contributed by atoms with Crippen LogP contribution in [0.5, 0.6) is 5.75 Å². The van der Waals surface area contributed by atoms with Gasteiger partial charge in [-0.2, -0.15) is 11.8 Å². The topological polar surface area (TPSA) is 72.5 Å². The molecule has 0 aliphatic carbocycles. The number of carboxylic acids is 1. The second kappa shape index (κ2) is 6.06. The van der Waals surface area contributed by atoms with Crippen LogP contribution in [0.3, 0.4) is 0 Å². The lowest BCUT2D eigenvalue weighted by atomic mass is 9.95. The van der Waals surface area contributed by atoms with Crippen LogP contribution in [0.4, 0.5) is 0 Å². The summed E-state index contributed by atoms with van der Waals surface area (Å²) in [6, 6.07) is 7.20. The molecule has 0 radical (unpaired) electrons. The molecule has 20 heavy (non-hydrogen) atoms. The van der Waals surface area contributed by atoms with Gasteiger partial charge in [0.05, 0.1) is 6.61 Å². The molecule has 1 aromatic carbocycles. The van der Waals surface area contributed by atoms with E-state index in [0.717, 1.165) is 17.9 Å². The SMILES string of the molecule is CC(C)(SCC1CCOc2ccccc21)[C@@H](N)C(=O)O. The van der Waals surface area contributed by atoms with E-state index in [2.05, 4.69) is 6.07 Å². The molecule has 0 saturated heterocycles. The van der Waals surface area contributed by atoms with E-state index in [0.29, 0.717) is 12.5 Å². The highest BCUT2D eigenvalue weighted by molar-refractivity contribution is 8.00. The standard InChI is InChI=1S/C15H21NO3S/c1-15(2,13(16)14(17)18)20-9-10-7-8-19-12-6-4-3-5-11(10)12/h3-6,10,13H,7-9,16H2,1-2H3,(H,17,18)/t10?,13-/m0/s1. The molecule has 0 amide bonds. The van der Waals surface area contributed by atoms with Crippen molar-refractivity contribution in [1.82, 2.24) is 0 Å². The summed E-state index contributed by atoms with van der Waals surface area (Å²) in [6.07, 6.45) is 0.961. The van der Waals surface area contributed by atoms with Crippen molar-refractivity contribution in [1.29, 1.82) is 0 Å². The van der Waals surface area contributed by atoms with Gasteiger partial charge in [0, 0.05) is 10.5 Å². The van der Waals surface area contributed by atoms with Gasteiger partial charge < -0.3 is 15.6 Å². The summed E-state index contributed by atoms with van der Waals surface area (Å²) < 4.78 is 5.16. The van der Waals surface area contributed by atoms with E-state index >= 15 is 0 Å². The van der Waals surface area contributed by atoms with Gasteiger partial charge in [-0.3, -0.25) is 4.79 Å². The molecule has 1 unspecified atom stereocenters. The van der Waals surface area contributed by atoms with Gasteiger partial charge in [-0.25, -0.2) is 0 Å². The number of aliphatic carboxylic acids is 1. The number of benzene rings is 1. The highest BCUT2D eigenvalue weighted by atomic mass is 32.2. The Balaban J connectivity index is 2.04. The van der Waals surface area contributed by atoms with Crippen LogP contribution < -0.4 is 10.5 Å². The number of rotatable bonds is 5. The van der Waals surface area contributed by atoms with Gasteiger partial charge in [0.15, 0.2) is 0 Å². The third-order valence-electron chi connectivity index (χ3n) is 3.75. The minimum absolute atomic E-state index is 0.394. The second-order valence-electron chi connectivity index (χ2n) is 5.60. The van der Waals surface area contributed by atoms with E-state index < -0.39 is 16.8 Å². The molecule has 1 aromatic rings. The number of nitrogens with two attached hydrogens (primary N) is 1. The third kappa shape index (κ3) is 3.27. The van der Waals surface area contributed by atoms with Gasteiger partial charge in [0.25, 0.3) is 0 Å². The van der Waals surface area contributed by atoms with Crippen LogP contribution in [0.15, 0.2) is 24.3 Å². The Labute approximate surface area is 123 Å². The van der Waals surface area contributed by atoms with Gasteiger partial charge in [0.1, 0.15) is 11.8 Å². The lowest BCUT2D eigenvalue weighted by Gasteiger charge is -2.32. The van der Waals surface area contributed by atoms with Crippen molar-refractivity contribution in [3.05, 3.63) is 29.8 Å².